The molecule has 0 saturated heterocycles. The molecule has 1 aliphatic rings. The molecule has 0 unspecified atom stereocenters. The second-order valence-electron chi connectivity index (χ2n) is 6.67. The lowest BCUT2D eigenvalue weighted by molar-refractivity contribution is -0.150. The van der Waals surface area contributed by atoms with E-state index in [1.54, 1.807) is 45.4 Å². The molecular weight excluding hydrogens is 358 g/mol. The fraction of sp³-hybridized carbons (Fsp3) is 0.455. The molecule has 1 aromatic rings. The molecule has 6 heteroatoms. The molecule has 6 nitrogen and oxygen atoms in total. The summed E-state index contributed by atoms with van der Waals surface area (Å²) in [6.07, 6.45) is 9.83. The zero-order chi connectivity index (χ0) is 20.4. The van der Waals surface area contributed by atoms with E-state index in [-0.39, 0.29) is 5.91 Å². The van der Waals surface area contributed by atoms with Gasteiger partial charge in [0.05, 0.1) is 14.2 Å². The first-order valence-corrected chi connectivity index (χ1v) is 9.60. The van der Waals surface area contributed by atoms with Gasteiger partial charge >= 0.3 is 5.97 Å². The van der Waals surface area contributed by atoms with Crippen molar-refractivity contribution in [3.05, 3.63) is 41.5 Å². The molecule has 1 aliphatic carbocycles. The van der Waals surface area contributed by atoms with Crippen LogP contribution in [0.15, 0.2) is 35.9 Å². The normalized spacial score (nSPS) is 14.9. The lowest BCUT2D eigenvalue weighted by Gasteiger charge is -2.15. The number of amides is 1. The van der Waals surface area contributed by atoms with Crippen molar-refractivity contribution in [2.24, 2.45) is 0 Å². The molecular formula is C22H29NO5. The van der Waals surface area contributed by atoms with Crippen molar-refractivity contribution >= 4 is 18.0 Å². The van der Waals surface area contributed by atoms with Crippen LogP contribution in [-0.2, 0) is 14.3 Å². The van der Waals surface area contributed by atoms with E-state index >= 15 is 0 Å². The van der Waals surface area contributed by atoms with E-state index in [0.717, 1.165) is 19.3 Å². The smallest absolute Gasteiger partial charge is 0.331 e. The molecule has 1 N–H and O–H groups in total. The van der Waals surface area contributed by atoms with Crippen LogP contribution >= 0.6 is 0 Å². The molecule has 0 aliphatic heterocycles. The summed E-state index contributed by atoms with van der Waals surface area (Å²) in [5, 5.41) is 2.82. The van der Waals surface area contributed by atoms with Gasteiger partial charge in [-0.15, -0.1) is 0 Å². The molecule has 0 spiro atoms. The summed E-state index contributed by atoms with van der Waals surface area (Å²) < 4.78 is 15.6. The average Bonchev–Trinajstić information content (AvgIpc) is 2.72. The first kappa shape index (κ1) is 21.5. The molecule has 0 aromatic heterocycles. The Morgan fingerprint density at radius 3 is 2.71 bits per heavy atom. The fourth-order valence-corrected chi connectivity index (χ4v) is 3.00. The second kappa shape index (κ2) is 11.2. The maximum Gasteiger partial charge on any atom is 0.331 e. The monoisotopic (exact) mass is 387 g/mol. The van der Waals surface area contributed by atoms with E-state index in [4.69, 9.17) is 14.2 Å². The molecule has 0 radical (unpaired) electrons. The van der Waals surface area contributed by atoms with Crippen molar-refractivity contribution < 1.29 is 23.8 Å². The number of benzene rings is 1. The Morgan fingerprint density at radius 2 is 2.04 bits per heavy atom. The predicted octanol–water partition coefficient (Wildman–Crippen LogP) is 3.66. The number of rotatable bonds is 9. The number of hydrogen-bond donors (Lipinski definition) is 1. The number of allylic oxidation sites excluding steroid dienone is 1. The van der Waals surface area contributed by atoms with Crippen LogP contribution < -0.4 is 14.8 Å². The van der Waals surface area contributed by atoms with Gasteiger partial charge < -0.3 is 19.5 Å². The van der Waals surface area contributed by atoms with Crippen LogP contribution in [0, 0.1) is 0 Å². The lowest BCUT2D eigenvalue weighted by atomic mass is 9.97. The molecule has 0 fully saturated rings. The molecule has 28 heavy (non-hydrogen) atoms. The molecule has 0 heterocycles. The fourth-order valence-electron chi connectivity index (χ4n) is 3.00. The summed E-state index contributed by atoms with van der Waals surface area (Å²) in [7, 11) is 3.11. The summed E-state index contributed by atoms with van der Waals surface area (Å²) in [5.41, 5.74) is 2.10. The number of hydrogen-bond acceptors (Lipinski definition) is 5. The van der Waals surface area contributed by atoms with Crippen LogP contribution in [0.25, 0.3) is 6.08 Å². The summed E-state index contributed by atoms with van der Waals surface area (Å²) >= 11 is 0. The van der Waals surface area contributed by atoms with Crippen molar-refractivity contribution in [3.8, 4) is 11.5 Å². The first-order valence-electron chi connectivity index (χ1n) is 9.60. The Bertz CT molecular complexity index is 738. The molecule has 152 valence electrons. The summed E-state index contributed by atoms with van der Waals surface area (Å²) in [4.78, 5) is 24.1. The van der Waals surface area contributed by atoms with Crippen molar-refractivity contribution in [2.45, 2.75) is 45.1 Å². The number of methoxy groups -OCH3 is 2. The topological polar surface area (TPSA) is 73.9 Å². The van der Waals surface area contributed by atoms with Crippen molar-refractivity contribution in [1.29, 1.82) is 0 Å². The van der Waals surface area contributed by atoms with Gasteiger partial charge in [-0.25, -0.2) is 4.79 Å². The van der Waals surface area contributed by atoms with Gasteiger partial charge in [-0.05, 0) is 57.2 Å². The Labute approximate surface area is 166 Å². The van der Waals surface area contributed by atoms with Gasteiger partial charge in [-0.3, -0.25) is 4.79 Å². The second-order valence-corrected chi connectivity index (χ2v) is 6.67. The van der Waals surface area contributed by atoms with E-state index < -0.39 is 12.1 Å². The average molecular weight is 387 g/mol. The number of nitrogens with one attached hydrogen (secondary N) is 1. The van der Waals surface area contributed by atoms with Crippen LogP contribution in [0.2, 0.25) is 0 Å². The van der Waals surface area contributed by atoms with E-state index in [9.17, 15) is 9.59 Å². The highest BCUT2D eigenvalue weighted by Crippen LogP contribution is 2.25. The summed E-state index contributed by atoms with van der Waals surface area (Å²) in [5.74, 6) is 0.354. The summed E-state index contributed by atoms with van der Waals surface area (Å²) in [6.45, 7) is 2.13. The minimum atomic E-state index is -0.852. The SMILES string of the molecule is COc1ccc(/C=C/C(=O)O[C@H](C)C(=O)NCCC2=CCCCC2)c(OC)c1. The first-order chi connectivity index (χ1) is 13.5. The third-order valence-electron chi connectivity index (χ3n) is 4.63. The maximum atomic E-state index is 12.1. The van der Waals surface area contributed by atoms with E-state index in [1.807, 2.05) is 0 Å². The van der Waals surface area contributed by atoms with Gasteiger partial charge in [-0.2, -0.15) is 0 Å². The van der Waals surface area contributed by atoms with Crippen molar-refractivity contribution in [1.82, 2.24) is 5.32 Å². The third kappa shape index (κ3) is 6.76. The zero-order valence-corrected chi connectivity index (χ0v) is 16.8. The van der Waals surface area contributed by atoms with Gasteiger partial charge in [0.1, 0.15) is 11.5 Å². The highest BCUT2D eigenvalue weighted by atomic mass is 16.5. The minimum absolute atomic E-state index is 0.291. The molecule has 1 atom stereocenters. The Kier molecular flexibility index (Phi) is 8.59. The highest BCUT2D eigenvalue weighted by molar-refractivity contribution is 5.90. The predicted molar refractivity (Wildman–Crippen MR) is 108 cm³/mol. The Hall–Kier alpha value is -2.76. The Balaban J connectivity index is 1.80. The molecule has 1 amide bonds. The molecule has 0 saturated carbocycles. The molecule has 0 bridgehead atoms. The van der Waals surface area contributed by atoms with Crippen LogP contribution in [0.3, 0.4) is 0 Å². The Morgan fingerprint density at radius 1 is 1.21 bits per heavy atom. The largest absolute Gasteiger partial charge is 0.497 e. The summed E-state index contributed by atoms with van der Waals surface area (Å²) in [6, 6.07) is 5.27. The van der Waals surface area contributed by atoms with E-state index in [0.29, 0.717) is 23.6 Å². The van der Waals surface area contributed by atoms with E-state index in [2.05, 4.69) is 11.4 Å². The third-order valence-corrected chi connectivity index (χ3v) is 4.63. The number of carbonyl (C=O) groups is 2. The van der Waals surface area contributed by atoms with Crippen LogP contribution in [0.5, 0.6) is 11.5 Å². The van der Waals surface area contributed by atoms with Crippen molar-refractivity contribution in [2.75, 3.05) is 20.8 Å². The highest BCUT2D eigenvalue weighted by Gasteiger charge is 2.16. The van der Waals surface area contributed by atoms with Gasteiger partial charge in [0, 0.05) is 24.3 Å². The van der Waals surface area contributed by atoms with Gasteiger partial charge in [0.15, 0.2) is 6.10 Å². The van der Waals surface area contributed by atoms with Crippen LogP contribution in [0.4, 0.5) is 0 Å². The number of carbonyl (C=O) groups excluding carboxylic acids is 2. The maximum absolute atomic E-state index is 12.1. The van der Waals surface area contributed by atoms with Gasteiger partial charge in [-0.1, -0.05) is 11.6 Å². The lowest BCUT2D eigenvalue weighted by Crippen LogP contribution is -2.36. The van der Waals surface area contributed by atoms with E-state index in [1.165, 1.54) is 24.5 Å². The molecule has 1 aromatic carbocycles. The van der Waals surface area contributed by atoms with Gasteiger partial charge in [0.2, 0.25) is 0 Å². The number of esters is 1. The number of ether oxygens (including phenoxy) is 3. The van der Waals surface area contributed by atoms with Crippen molar-refractivity contribution in [3.63, 3.8) is 0 Å². The van der Waals surface area contributed by atoms with Crippen LogP contribution in [0.1, 0.15) is 44.6 Å². The standard InChI is InChI=1S/C22H29NO5/c1-16(22(25)23-14-13-17-7-5-4-6-8-17)28-21(24)12-10-18-9-11-19(26-2)15-20(18)27-3/h7,9-12,15-16H,4-6,8,13-14H2,1-3H3,(H,23,25)/b12-10+/t16-/m1/s1. The van der Waals surface area contributed by atoms with Gasteiger partial charge in [0.25, 0.3) is 5.91 Å². The molecule has 2 rings (SSSR count). The minimum Gasteiger partial charge on any atom is -0.497 e. The zero-order valence-electron chi connectivity index (χ0n) is 16.8. The quantitative estimate of drug-likeness (QED) is 0.398. The van der Waals surface area contributed by atoms with Crippen LogP contribution in [-0.4, -0.2) is 38.7 Å².